The Morgan fingerprint density at radius 1 is 1.48 bits per heavy atom. The molecule has 0 saturated heterocycles. The summed E-state index contributed by atoms with van der Waals surface area (Å²) in [6, 6.07) is 1.11. The molecule has 0 aromatic carbocycles. The van der Waals surface area contributed by atoms with Crippen molar-refractivity contribution < 1.29 is 18.0 Å². The largest absolute Gasteiger partial charge is 0.417 e. The number of amides is 1. The highest BCUT2D eigenvalue weighted by atomic mass is 19.4. The van der Waals surface area contributed by atoms with Crippen LogP contribution in [0.1, 0.15) is 43.0 Å². The molecule has 1 aromatic rings. The molecular weight excluding hydrogens is 307 g/mol. The van der Waals surface area contributed by atoms with Crippen LogP contribution in [0.4, 0.5) is 13.2 Å². The number of nitrogens with zero attached hydrogens (tertiary/aromatic N) is 2. The Kier molecular flexibility index (Phi) is 5.62. The van der Waals surface area contributed by atoms with Gasteiger partial charge in [0.25, 0.3) is 0 Å². The van der Waals surface area contributed by atoms with E-state index in [0.717, 1.165) is 25.1 Å². The van der Waals surface area contributed by atoms with Crippen LogP contribution in [0.25, 0.3) is 0 Å². The minimum Gasteiger partial charge on any atom is -0.338 e. The zero-order valence-electron chi connectivity index (χ0n) is 13.2. The molecule has 1 atom stereocenters. The molecular formula is C16H22F3N3O. The van der Waals surface area contributed by atoms with Gasteiger partial charge in [0, 0.05) is 37.3 Å². The van der Waals surface area contributed by atoms with Gasteiger partial charge in [0.2, 0.25) is 5.91 Å². The van der Waals surface area contributed by atoms with Crippen LogP contribution >= 0.6 is 0 Å². The fraction of sp³-hybridized carbons (Fsp3) is 0.625. The number of hydrogen-bond acceptors (Lipinski definition) is 3. The second-order valence-electron chi connectivity index (χ2n) is 5.87. The third kappa shape index (κ3) is 4.22. The fourth-order valence-electron chi connectivity index (χ4n) is 2.89. The molecule has 1 aliphatic heterocycles. The first-order valence-corrected chi connectivity index (χ1v) is 7.90. The lowest BCUT2D eigenvalue weighted by Gasteiger charge is -2.31. The van der Waals surface area contributed by atoms with Crippen LogP contribution in [0.3, 0.4) is 0 Å². The lowest BCUT2D eigenvalue weighted by molar-refractivity contribution is -0.138. The normalized spacial score (nSPS) is 16.1. The summed E-state index contributed by atoms with van der Waals surface area (Å²) in [4.78, 5) is 18.1. The number of nitrogens with two attached hydrogens (primary N) is 1. The van der Waals surface area contributed by atoms with Crippen molar-refractivity contribution in [2.75, 3.05) is 13.1 Å². The van der Waals surface area contributed by atoms with E-state index < -0.39 is 11.7 Å². The molecule has 23 heavy (non-hydrogen) atoms. The Morgan fingerprint density at radius 3 is 2.83 bits per heavy atom. The molecule has 0 aliphatic carbocycles. The number of carbonyl (C=O) groups is 1. The third-order valence-electron chi connectivity index (χ3n) is 4.28. The number of aromatic nitrogens is 1. The average Bonchev–Trinajstić information content (AvgIpc) is 2.53. The van der Waals surface area contributed by atoms with Gasteiger partial charge in [-0.05, 0) is 37.4 Å². The van der Waals surface area contributed by atoms with E-state index in [1.165, 1.54) is 0 Å². The topological polar surface area (TPSA) is 59.2 Å². The van der Waals surface area contributed by atoms with Gasteiger partial charge in [0.05, 0.1) is 5.56 Å². The Morgan fingerprint density at radius 2 is 2.22 bits per heavy atom. The van der Waals surface area contributed by atoms with Gasteiger partial charge in [-0.25, -0.2) is 0 Å². The molecule has 1 amide bonds. The first kappa shape index (κ1) is 17.7. The SMILES string of the molecule is CC[C@H](CCCN)C(=O)N1CCc2ncc(C(F)(F)F)cc2C1. The highest BCUT2D eigenvalue weighted by Gasteiger charge is 2.33. The predicted octanol–water partition coefficient (Wildman–Crippen LogP) is 2.75. The molecule has 1 aromatic heterocycles. The van der Waals surface area contributed by atoms with E-state index in [-0.39, 0.29) is 18.4 Å². The van der Waals surface area contributed by atoms with Gasteiger partial charge in [0.1, 0.15) is 0 Å². The minimum absolute atomic E-state index is 0.00371. The van der Waals surface area contributed by atoms with Crippen molar-refractivity contribution in [2.45, 2.75) is 45.3 Å². The number of hydrogen-bond donors (Lipinski definition) is 1. The van der Waals surface area contributed by atoms with Crippen molar-refractivity contribution in [3.8, 4) is 0 Å². The summed E-state index contributed by atoms with van der Waals surface area (Å²) in [6.07, 6.45) is -0.853. The van der Waals surface area contributed by atoms with E-state index in [4.69, 9.17) is 5.73 Å². The lowest BCUT2D eigenvalue weighted by Crippen LogP contribution is -2.40. The molecule has 4 nitrogen and oxygen atoms in total. The third-order valence-corrected chi connectivity index (χ3v) is 4.28. The molecule has 2 heterocycles. The average molecular weight is 329 g/mol. The van der Waals surface area contributed by atoms with E-state index in [1.54, 1.807) is 4.90 Å². The van der Waals surface area contributed by atoms with Crippen LogP contribution in [0.15, 0.2) is 12.3 Å². The van der Waals surface area contributed by atoms with Crippen molar-refractivity contribution >= 4 is 5.91 Å². The second kappa shape index (κ2) is 7.29. The predicted molar refractivity (Wildman–Crippen MR) is 80.4 cm³/mol. The van der Waals surface area contributed by atoms with E-state index in [0.29, 0.717) is 37.2 Å². The van der Waals surface area contributed by atoms with Crippen molar-refractivity contribution in [1.29, 1.82) is 0 Å². The molecule has 0 fully saturated rings. The molecule has 0 spiro atoms. The maximum Gasteiger partial charge on any atom is 0.417 e. The van der Waals surface area contributed by atoms with Gasteiger partial charge in [-0.15, -0.1) is 0 Å². The number of pyridine rings is 1. The maximum atomic E-state index is 12.8. The van der Waals surface area contributed by atoms with E-state index in [1.807, 2.05) is 6.92 Å². The molecule has 128 valence electrons. The van der Waals surface area contributed by atoms with Crippen LogP contribution < -0.4 is 5.73 Å². The van der Waals surface area contributed by atoms with Gasteiger partial charge in [0.15, 0.2) is 0 Å². The standard InChI is InChI=1S/C16H22F3N3O/c1-2-11(4-3-6-20)15(23)22-7-5-14-12(10-22)8-13(9-21-14)16(17,18)19/h8-9,11H,2-7,10,20H2,1H3/t11-/m1/s1. The molecule has 0 radical (unpaired) electrons. The molecule has 0 saturated carbocycles. The van der Waals surface area contributed by atoms with E-state index in [2.05, 4.69) is 4.98 Å². The van der Waals surface area contributed by atoms with Gasteiger partial charge in [-0.2, -0.15) is 13.2 Å². The monoisotopic (exact) mass is 329 g/mol. The summed E-state index contributed by atoms with van der Waals surface area (Å²) in [7, 11) is 0. The Balaban J connectivity index is 2.13. The van der Waals surface area contributed by atoms with Crippen LogP contribution in [0.5, 0.6) is 0 Å². The summed E-state index contributed by atoms with van der Waals surface area (Å²) in [5.74, 6) is -0.108. The lowest BCUT2D eigenvalue weighted by atomic mass is 9.96. The number of carbonyl (C=O) groups excluding carboxylic acids is 1. The van der Waals surface area contributed by atoms with E-state index >= 15 is 0 Å². The molecule has 0 unspecified atom stereocenters. The molecule has 1 aliphatic rings. The second-order valence-corrected chi connectivity index (χ2v) is 5.87. The van der Waals surface area contributed by atoms with Crippen LogP contribution in [-0.4, -0.2) is 28.9 Å². The Bertz CT molecular complexity index is 560. The summed E-state index contributed by atoms with van der Waals surface area (Å²) in [5, 5.41) is 0. The van der Waals surface area contributed by atoms with Crippen molar-refractivity contribution in [3.63, 3.8) is 0 Å². The zero-order chi connectivity index (χ0) is 17.0. The summed E-state index contributed by atoms with van der Waals surface area (Å²) in [6.45, 7) is 3.18. The highest BCUT2D eigenvalue weighted by Crippen LogP contribution is 2.31. The van der Waals surface area contributed by atoms with E-state index in [9.17, 15) is 18.0 Å². The number of alkyl halides is 3. The van der Waals surface area contributed by atoms with Crippen LogP contribution in [0, 0.1) is 5.92 Å². The van der Waals surface area contributed by atoms with Gasteiger partial charge in [-0.3, -0.25) is 9.78 Å². The van der Waals surface area contributed by atoms with Crippen LogP contribution in [-0.2, 0) is 23.9 Å². The minimum atomic E-state index is -4.42. The van der Waals surface area contributed by atoms with Crippen molar-refractivity contribution in [1.82, 2.24) is 9.88 Å². The number of fused-ring (bicyclic) bond motifs is 1. The first-order valence-electron chi connectivity index (χ1n) is 7.90. The smallest absolute Gasteiger partial charge is 0.338 e. The fourth-order valence-corrected chi connectivity index (χ4v) is 2.89. The highest BCUT2D eigenvalue weighted by molar-refractivity contribution is 5.79. The van der Waals surface area contributed by atoms with Crippen LogP contribution in [0.2, 0.25) is 0 Å². The molecule has 2 rings (SSSR count). The number of rotatable bonds is 5. The zero-order valence-corrected chi connectivity index (χ0v) is 13.2. The number of halogens is 3. The van der Waals surface area contributed by atoms with Crippen molar-refractivity contribution in [2.24, 2.45) is 11.7 Å². The summed E-state index contributed by atoms with van der Waals surface area (Å²) < 4.78 is 38.4. The molecule has 2 N–H and O–H groups in total. The summed E-state index contributed by atoms with van der Waals surface area (Å²) in [5.41, 5.74) is 5.87. The quantitative estimate of drug-likeness (QED) is 0.904. The Labute approximate surface area is 133 Å². The Hall–Kier alpha value is -1.63. The van der Waals surface area contributed by atoms with Gasteiger partial charge >= 0.3 is 6.18 Å². The molecule has 7 heteroatoms. The first-order chi connectivity index (χ1) is 10.9. The van der Waals surface area contributed by atoms with Crippen molar-refractivity contribution in [3.05, 3.63) is 29.1 Å². The van der Waals surface area contributed by atoms with Gasteiger partial charge in [-0.1, -0.05) is 6.92 Å². The maximum absolute atomic E-state index is 12.8. The molecule has 0 bridgehead atoms. The van der Waals surface area contributed by atoms with Gasteiger partial charge < -0.3 is 10.6 Å². The summed E-state index contributed by atoms with van der Waals surface area (Å²) >= 11 is 0.